The summed E-state index contributed by atoms with van der Waals surface area (Å²) in [4.78, 5) is 10.8. The van der Waals surface area contributed by atoms with Crippen LogP contribution in [0.5, 0.6) is 0 Å². The molecule has 0 fully saturated rings. The largest absolute Gasteiger partial charge is 0.481 e. The highest BCUT2D eigenvalue weighted by molar-refractivity contribution is 5.67. The van der Waals surface area contributed by atoms with Crippen LogP contribution in [0.4, 0.5) is 0 Å². The number of hydrogen-bond donors (Lipinski definition) is 2. The second-order valence-electron chi connectivity index (χ2n) is 6.04. The molecular formula is C16H25NO2. The summed E-state index contributed by atoms with van der Waals surface area (Å²) in [6, 6.07) is 8.25. The molecule has 1 unspecified atom stereocenters. The minimum atomic E-state index is -0.768. The number of benzene rings is 1. The van der Waals surface area contributed by atoms with Gasteiger partial charge in [-0.05, 0) is 29.4 Å². The van der Waals surface area contributed by atoms with Crippen LogP contribution in [0.25, 0.3) is 0 Å². The first-order chi connectivity index (χ1) is 8.84. The third kappa shape index (κ3) is 5.43. The average molecular weight is 263 g/mol. The molecule has 0 spiro atoms. The molecule has 0 heterocycles. The predicted molar refractivity (Wildman–Crippen MR) is 78.0 cm³/mol. The maximum Gasteiger partial charge on any atom is 0.303 e. The van der Waals surface area contributed by atoms with Crippen LogP contribution < -0.4 is 5.73 Å². The lowest BCUT2D eigenvalue weighted by molar-refractivity contribution is -0.139. The number of carboxylic acids is 1. The van der Waals surface area contributed by atoms with E-state index in [2.05, 4.69) is 31.2 Å². The van der Waals surface area contributed by atoms with Crippen LogP contribution in [0.15, 0.2) is 24.3 Å². The maximum atomic E-state index is 10.8. The molecule has 1 rings (SSSR count). The lowest BCUT2D eigenvalue weighted by Crippen LogP contribution is -2.24. The Bertz CT molecular complexity index is 409. The van der Waals surface area contributed by atoms with Crippen LogP contribution in [-0.2, 0) is 11.2 Å². The van der Waals surface area contributed by atoms with Gasteiger partial charge in [0.15, 0.2) is 0 Å². The van der Waals surface area contributed by atoms with Gasteiger partial charge in [0.05, 0.1) is 6.42 Å². The Kier molecular flexibility index (Phi) is 5.55. The number of rotatable bonds is 7. The fraction of sp³-hybridized carbons (Fsp3) is 0.562. The van der Waals surface area contributed by atoms with Gasteiger partial charge in [-0.1, -0.05) is 51.5 Å². The molecule has 1 atom stereocenters. The van der Waals surface area contributed by atoms with E-state index in [-0.39, 0.29) is 17.9 Å². The third-order valence-corrected chi connectivity index (χ3v) is 3.35. The van der Waals surface area contributed by atoms with E-state index in [1.165, 1.54) is 5.56 Å². The van der Waals surface area contributed by atoms with Gasteiger partial charge in [0.25, 0.3) is 0 Å². The third-order valence-electron chi connectivity index (χ3n) is 3.35. The first-order valence-corrected chi connectivity index (χ1v) is 6.90. The molecule has 0 aromatic heterocycles. The molecule has 3 heteroatoms. The summed E-state index contributed by atoms with van der Waals surface area (Å²) in [7, 11) is 0. The molecule has 0 radical (unpaired) electrons. The standard InChI is InChI=1S/C16H25NO2/c1-4-5-12-6-8-13(9-7-12)14(17)10-16(2,3)11-15(18)19/h6-9,14H,4-5,10-11,17H2,1-3H3,(H,18,19). The number of aryl methyl sites for hydroxylation is 1. The lowest BCUT2D eigenvalue weighted by Gasteiger charge is -2.26. The van der Waals surface area contributed by atoms with Gasteiger partial charge in [-0.15, -0.1) is 0 Å². The van der Waals surface area contributed by atoms with E-state index in [0.717, 1.165) is 18.4 Å². The molecule has 3 N–H and O–H groups in total. The second kappa shape index (κ2) is 6.71. The Morgan fingerprint density at radius 3 is 2.37 bits per heavy atom. The van der Waals surface area contributed by atoms with E-state index in [4.69, 9.17) is 10.8 Å². The molecule has 1 aromatic carbocycles. The molecule has 0 saturated heterocycles. The van der Waals surface area contributed by atoms with Gasteiger partial charge in [0, 0.05) is 6.04 Å². The topological polar surface area (TPSA) is 63.3 Å². The Morgan fingerprint density at radius 2 is 1.89 bits per heavy atom. The monoisotopic (exact) mass is 263 g/mol. The lowest BCUT2D eigenvalue weighted by atomic mass is 9.81. The van der Waals surface area contributed by atoms with E-state index in [1.54, 1.807) is 0 Å². The van der Waals surface area contributed by atoms with Crippen molar-refractivity contribution in [3.8, 4) is 0 Å². The van der Waals surface area contributed by atoms with Crippen molar-refractivity contribution in [2.24, 2.45) is 11.1 Å². The molecule has 0 bridgehead atoms. The van der Waals surface area contributed by atoms with Gasteiger partial charge in [-0.2, -0.15) is 0 Å². The van der Waals surface area contributed by atoms with Crippen LogP contribution in [-0.4, -0.2) is 11.1 Å². The Balaban J connectivity index is 2.66. The fourth-order valence-corrected chi connectivity index (χ4v) is 2.41. The van der Waals surface area contributed by atoms with Gasteiger partial charge in [0.1, 0.15) is 0 Å². The summed E-state index contributed by atoms with van der Waals surface area (Å²) in [6.45, 7) is 6.06. The van der Waals surface area contributed by atoms with Gasteiger partial charge in [-0.3, -0.25) is 4.79 Å². The summed E-state index contributed by atoms with van der Waals surface area (Å²) >= 11 is 0. The van der Waals surface area contributed by atoms with Gasteiger partial charge in [-0.25, -0.2) is 0 Å². The second-order valence-corrected chi connectivity index (χ2v) is 6.04. The zero-order chi connectivity index (χ0) is 14.5. The number of carbonyl (C=O) groups is 1. The van der Waals surface area contributed by atoms with Gasteiger partial charge < -0.3 is 10.8 Å². The number of carboxylic acid groups (broad SMARTS) is 1. The highest BCUT2D eigenvalue weighted by Gasteiger charge is 2.25. The van der Waals surface area contributed by atoms with Crippen molar-refractivity contribution in [2.75, 3.05) is 0 Å². The molecule has 0 aliphatic rings. The van der Waals surface area contributed by atoms with E-state index < -0.39 is 5.97 Å². The van der Waals surface area contributed by atoms with Gasteiger partial charge >= 0.3 is 5.97 Å². The minimum absolute atomic E-state index is 0.106. The Hall–Kier alpha value is -1.35. The van der Waals surface area contributed by atoms with Crippen LogP contribution in [0, 0.1) is 5.41 Å². The number of nitrogens with two attached hydrogens (primary N) is 1. The minimum Gasteiger partial charge on any atom is -0.481 e. The molecule has 1 aromatic rings. The van der Waals surface area contributed by atoms with Gasteiger partial charge in [0.2, 0.25) is 0 Å². The molecule has 19 heavy (non-hydrogen) atoms. The fourth-order valence-electron chi connectivity index (χ4n) is 2.41. The van der Waals surface area contributed by atoms with Crippen molar-refractivity contribution < 1.29 is 9.90 Å². The summed E-state index contributed by atoms with van der Waals surface area (Å²) in [5.74, 6) is -0.768. The molecule has 0 amide bonds. The first-order valence-electron chi connectivity index (χ1n) is 6.90. The van der Waals surface area contributed by atoms with E-state index in [1.807, 2.05) is 13.8 Å². The molecular weight excluding hydrogens is 238 g/mol. The van der Waals surface area contributed by atoms with Crippen LogP contribution in [0.2, 0.25) is 0 Å². The normalized spacial score (nSPS) is 13.3. The van der Waals surface area contributed by atoms with Crippen molar-refractivity contribution in [1.82, 2.24) is 0 Å². The quantitative estimate of drug-likeness (QED) is 0.791. The van der Waals surface area contributed by atoms with Crippen LogP contribution in [0.3, 0.4) is 0 Å². The van der Waals surface area contributed by atoms with E-state index >= 15 is 0 Å². The maximum absolute atomic E-state index is 10.8. The summed E-state index contributed by atoms with van der Waals surface area (Å²) in [5, 5.41) is 8.89. The highest BCUT2D eigenvalue weighted by atomic mass is 16.4. The van der Waals surface area contributed by atoms with E-state index in [9.17, 15) is 4.79 Å². The van der Waals surface area contributed by atoms with Crippen molar-refractivity contribution in [3.05, 3.63) is 35.4 Å². The van der Waals surface area contributed by atoms with E-state index in [0.29, 0.717) is 6.42 Å². The SMILES string of the molecule is CCCc1ccc(C(N)CC(C)(C)CC(=O)O)cc1. The Morgan fingerprint density at radius 1 is 1.32 bits per heavy atom. The zero-order valence-corrected chi connectivity index (χ0v) is 12.1. The molecule has 3 nitrogen and oxygen atoms in total. The summed E-state index contributed by atoms with van der Waals surface area (Å²) in [6.07, 6.45) is 3.04. The zero-order valence-electron chi connectivity index (χ0n) is 12.1. The van der Waals surface area contributed by atoms with Crippen molar-refractivity contribution >= 4 is 5.97 Å². The van der Waals surface area contributed by atoms with Crippen molar-refractivity contribution in [2.45, 2.75) is 52.5 Å². The van der Waals surface area contributed by atoms with Crippen molar-refractivity contribution in [3.63, 3.8) is 0 Å². The smallest absolute Gasteiger partial charge is 0.303 e. The first kappa shape index (κ1) is 15.7. The van der Waals surface area contributed by atoms with Crippen LogP contribution in [0.1, 0.15) is 57.2 Å². The predicted octanol–water partition coefficient (Wildman–Crippen LogP) is 3.53. The summed E-state index contributed by atoms with van der Waals surface area (Å²) < 4.78 is 0. The number of hydrogen-bond acceptors (Lipinski definition) is 2. The summed E-state index contributed by atoms with van der Waals surface area (Å²) in [5.41, 5.74) is 8.31. The highest BCUT2D eigenvalue weighted by Crippen LogP contribution is 2.31. The molecule has 0 aliphatic heterocycles. The average Bonchev–Trinajstić information content (AvgIpc) is 2.27. The van der Waals surface area contributed by atoms with Crippen LogP contribution >= 0.6 is 0 Å². The Labute approximate surface area is 115 Å². The molecule has 106 valence electrons. The van der Waals surface area contributed by atoms with Crippen molar-refractivity contribution in [1.29, 1.82) is 0 Å². The molecule has 0 aliphatic carbocycles. The molecule has 0 saturated carbocycles. The number of aliphatic carboxylic acids is 1.